The molecule has 0 bridgehead atoms. The number of hydrogen-bond acceptors (Lipinski definition) is 5. The quantitative estimate of drug-likeness (QED) is 0.490. The predicted octanol–water partition coefficient (Wildman–Crippen LogP) is 1.23. The Morgan fingerprint density at radius 3 is 2.55 bits per heavy atom. The molecule has 0 spiro atoms. The van der Waals surface area contributed by atoms with Crippen LogP contribution < -0.4 is 16.2 Å². The van der Waals surface area contributed by atoms with E-state index in [0.717, 1.165) is 43.4 Å². The van der Waals surface area contributed by atoms with Crippen LogP contribution in [0.5, 0.6) is 0 Å². The zero-order chi connectivity index (χ0) is 15.5. The van der Waals surface area contributed by atoms with Crippen molar-refractivity contribution < 1.29 is 0 Å². The zero-order valence-electron chi connectivity index (χ0n) is 12.6. The smallest absolute Gasteiger partial charge is 0.226 e. The zero-order valence-corrected chi connectivity index (χ0v) is 13.4. The van der Waals surface area contributed by atoms with Crippen molar-refractivity contribution in [3.05, 3.63) is 30.3 Å². The molecule has 7 heteroatoms. The van der Waals surface area contributed by atoms with Crippen LogP contribution in [0, 0.1) is 0 Å². The van der Waals surface area contributed by atoms with Crippen LogP contribution in [0.3, 0.4) is 0 Å². The third kappa shape index (κ3) is 2.82. The van der Waals surface area contributed by atoms with E-state index in [1.54, 1.807) is 0 Å². The summed E-state index contributed by atoms with van der Waals surface area (Å²) in [7, 11) is 0. The molecule has 0 aromatic rings. The number of aromatic nitrogens is 2. The Labute approximate surface area is 135 Å². The van der Waals surface area contributed by atoms with Crippen LogP contribution >= 0.6 is 12.2 Å². The van der Waals surface area contributed by atoms with Crippen molar-refractivity contribution >= 4 is 23.3 Å². The number of nitrogens with one attached hydrogen (secondary N) is 1. The molecular weight excluding hydrogens is 296 g/mol. The lowest BCUT2D eigenvalue weighted by atomic mass is 10.1. The normalized spacial score (nSPS) is 18.5. The summed E-state index contributed by atoms with van der Waals surface area (Å²) in [6, 6.07) is 10.3. The minimum atomic E-state index is 0.325. The van der Waals surface area contributed by atoms with E-state index in [0.29, 0.717) is 11.2 Å². The van der Waals surface area contributed by atoms with Crippen molar-refractivity contribution in [2.75, 3.05) is 24.5 Å². The van der Waals surface area contributed by atoms with Crippen molar-refractivity contribution in [3.63, 3.8) is 0 Å². The van der Waals surface area contributed by atoms with Gasteiger partial charge in [-0.3, -0.25) is 0 Å². The molecule has 0 aromatic heterocycles. The first-order valence-corrected chi connectivity index (χ1v) is 7.88. The molecule has 3 rings (SSSR count). The Kier molecular flexibility index (Phi) is 4.35. The van der Waals surface area contributed by atoms with Gasteiger partial charge in [-0.1, -0.05) is 25.1 Å². The lowest BCUT2D eigenvalue weighted by Crippen LogP contribution is -2.57. The van der Waals surface area contributed by atoms with E-state index in [1.165, 1.54) is 0 Å². The van der Waals surface area contributed by atoms with Crippen molar-refractivity contribution in [2.24, 2.45) is 5.84 Å². The number of fused-ring (bicyclic) bond motifs is 1. The molecule has 3 aliphatic rings. The van der Waals surface area contributed by atoms with Crippen molar-refractivity contribution in [2.45, 2.75) is 19.4 Å². The lowest BCUT2D eigenvalue weighted by Gasteiger charge is -2.41. The second-order valence-corrected chi connectivity index (χ2v) is 5.74. The van der Waals surface area contributed by atoms with Gasteiger partial charge in [0.2, 0.25) is 5.95 Å². The van der Waals surface area contributed by atoms with E-state index in [-0.39, 0.29) is 0 Å². The predicted molar refractivity (Wildman–Crippen MR) is 91.6 cm³/mol. The SMILES string of the molecule is CCC1CN(C(=S)NN)CCN1c1nc2cccccc-2n1. The van der Waals surface area contributed by atoms with Gasteiger partial charge in [0.05, 0.1) is 11.4 Å². The number of nitrogens with zero attached hydrogens (tertiary/aromatic N) is 4. The largest absolute Gasteiger partial charge is 0.344 e. The van der Waals surface area contributed by atoms with Crippen LogP contribution in [-0.2, 0) is 0 Å². The van der Waals surface area contributed by atoms with E-state index >= 15 is 0 Å². The van der Waals surface area contributed by atoms with Gasteiger partial charge in [0.15, 0.2) is 5.11 Å². The van der Waals surface area contributed by atoms with Crippen LogP contribution in [0.15, 0.2) is 30.3 Å². The van der Waals surface area contributed by atoms with Gasteiger partial charge in [0.1, 0.15) is 0 Å². The average molecular weight is 316 g/mol. The number of hydrazine groups is 1. The number of rotatable bonds is 2. The maximum absolute atomic E-state index is 5.43. The Hall–Kier alpha value is -1.99. The molecule has 1 unspecified atom stereocenters. The molecule has 0 aromatic carbocycles. The number of anilines is 1. The van der Waals surface area contributed by atoms with Gasteiger partial charge in [-0.25, -0.2) is 15.8 Å². The van der Waals surface area contributed by atoms with E-state index in [4.69, 9.17) is 18.1 Å². The Morgan fingerprint density at radius 2 is 1.95 bits per heavy atom. The molecule has 22 heavy (non-hydrogen) atoms. The van der Waals surface area contributed by atoms with Crippen LogP contribution in [-0.4, -0.2) is 45.7 Å². The van der Waals surface area contributed by atoms with Crippen molar-refractivity contribution in [1.82, 2.24) is 20.3 Å². The van der Waals surface area contributed by atoms with Gasteiger partial charge in [-0.05, 0) is 30.8 Å². The van der Waals surface area contributed by atoms with Gasteiger partial charge in [0, 0.05) is 25.7 Å². The molecule has 0 radical (unpaired) electrons. The number of nitrogens with two attached hydrogens (primary N) is 1. The third-order valence-electron chi connectivity index (χ3n) is 4.06. The molecular formula is C15H20N6S. The van der Waals surface area contributed by atoms with Gasteiger partial charge in [-0.15, -0.1) is 0 Å². The molecule has 2 aliphatic heterocycles. The summed E-state index contributed by atoms with van der Waals surface area (Å²) in [4.78, 5) is 13.7. The second kappa shape index (κ2) is 6.41. The summed E-state index contributed by atoms with van der Waals surface area (Å²) in [5, 5.41) is 0.596. The van der Waals surface area contributed by atoms with Crippen molar-refractivity contribution in [1.29, 1.82) is 0 Å². The summed E-state index contributed by atoms with van der Waals surface area (Å²) in [6.07, 6.45) is 1.00. The van der Waals surface area contributed by atoms with Gasteiger partial charge < -0.3 is 15.2 Å². The molecule has 1 fully saturated rings. The monoisotopic (exact) mass is 316 g/mol. The molecule has 2 heterocycles. The topological polar surface area (TPSA) is 70.3 Å². The first kappa shape index (κ1) is 14.9. The van der Waals surface area contributed by atoms with E-state index in [1.807, 2.05) is 30.3 Å². The fourth-order valence-electron chi connectivity index (χ4n) is 2.83. The van der Waals surface area contributed by atoms with Crippen LogP contribution in [0.2, 0.25) is 0 Å². The number of piperazine rings is 1. The Balaban J connectivity index is 1.84. The fourth-order valence-corrected chi connectivity index (χ4v) is 3.00. The maximum Gasteiger partial charge on any atom is 0.226 e. The molecule has 1 saturated heterocycles. The molecule has 116 valence electrons. The number of hydrogen-bond donors (Lipinski definition) is 2. The highest BCUT2D eigenvalue weighted by molar-refractivity contribution is 7.80. The summed E-state index contributed by atoms with van der Waals surface area (Å²) < 4.78 is 0. The second-order valence-electron chi connectivity index (χ2n) is 5.36. The molecule has 0 amide bonds. The lowest BCUT2D eigenvalue weighted by molar-refractivity contribution is 0.316. The van der Waals surface area contributed by atoms with E-state index in [2.05, 4.69) is 32.1 Å². The van der Waals surface area contributed by atoms with Gasteiger partial charge in [0.25, 0.3) is 0 Å². The van der Waals surface area contributed by atoms with Gasteiger partial charge in [-0.2, -0.15) is 0 Å². The highest BCUT2D eigenvalue weighted by atomic mass is 32.1. The third-order valence-corrected chi connectivity index (χ3v) is 4.43. The number of imidazole rings is 1. The molecule has 1 atom stereocenters. The van der Waals surface area contributed by atoms with E-state index in [9.17, 15) is 0 Å². The Morgan fingerprint density at radius 1 is 1.27 bits per heavy atom. The fraction of sp³-hybridized carbons (Fsp3) is 0.400. The summed E-state index contributed by atoms with van der Waals surface area (Å²) in [6.45, 7) is 4.65. The molecule has 6 nitrogen and oxygen atoms in total. The highest BCUT2D eigenvalue weighted by Gasteiger charge is 2.29. The highest BCUT2D eigenvalue weighted by Crippen LogP contribution is 2.25. The number of thiocarbonyl (C=S) groups is 1. The molecule has 3 N–H and O–H groups in total. The van der Waals surface area contributed by atoms with Crippen molar-refractivity contribution in [3.8, 4) is 11.4 Å². The van der Waals surface area contributed by atoms with Crippen LogP contribution in [0.25, 0.3) is 11.4 Å². The Bertz CT molecular complexity index is 603. The first-order valence-electron chi connectivity index (χ1n) is 7.48. The van der Waals surface area contributed by atoms with E-state index < -0.39 is 0 Å². The first-order chi connectivity index (χ1) is 10.7. The molecule has 0 saturated carbocycles. The minimum Gasteiger partial charge on any atom is -0.344 e. The minimum absolute atomic E-state index is 0.325. The maximum atomic E-state index is 5.43. The van der Waals surface area contributed by atoms with Gasteiger partial charge >= 0.3 is 0 Å². The standard InChI is InChI=1S/C15H20N6S/c1-2-11-10-20(15(22)19-16)8-9-21(11)14-17-12-6-4-3-5-7-13(12)18-14/h3-7,11H,2,8-10,16H2,1H3,(H,19,22). The molecule has 1 aliphatic carbocycles. The summed E-state index contributed by atoms with van der Waals surface area (Å²) >= 11 is 5.24. The van der Waals surface area contributed by atoms with Crippen LogP contribution in [0.1, 0.15) is 13.3 Å². The average Bonchev–Trinajstić information content (AvgIpc) is 2.84. The summed E-state index contributed by atoms with van der Waals surface area (Å²) in [5.74, 6) is 6.23. The van der Waals surface area contributed by atoms with Crippen LogP contribution in [0.4, 0.5) is 5.95 Å². The summed E-state index contributed by atoms with van der Waals surface area (Å²) in [5.41, 5.74) is 4.42.